The van der Waals surface area contributed by atoms with Crippen LogP contribution in [0.2, 0.25) is 5.02 Å². The molecule has 0 aliphatic carbocycles. The van der Waals surface area contributed by atoms with Crippen molar-refractivity contribution in [3.63, 3.8) is 0 Å². The highest BCUT2D eigenvalue weighted by atomic mass is 79.9. The fourth-order valence-electron chi connectivity index (χ4n) is 0.850. The Balaban J connectivity index is 2.60. The quantitative estimate of drug-likeness (QED) is 0.903. The minimum atomic E-state index is -0.455. The highest BCUT2D eigenvalue weighted by molar-refractivity contribution is 9.10. The zero-order valence-electron chi connectivity index (χ0n) is 7.51. The van der Waals surface area contributed by atoms with E-state index in [1.165, 1.54) is 7.05 Å². The van der Waals surface area contributed by atoms with Gasteiger partial charge >= 0.3 is 6.09 Å². The number of alkyl carbamates (subject to hydrolysis) is 1. The molecule has 0 aliphatic heterocycles. The molecule has 0 spiro atoms. The van der Waals surface area contributed by atoms with Crippen LogP contribution in [0.25, 0.3) is 0 Å². The van der Waals surface area contributed by atoms with Crippen LogP contribution in [0.5, 0.6) is 0 Å². The summed E-state index contributed by atoms with van der Waals surface area (Å²) in [4.78, 5) is 10.8. The van der Waals surface area contributed by atoms with Gasteiger partial charge in [0.05, 0.1) is 5.02 Å². The molecular formula is C9H9BrClNO2. The van der Waals surface area contributed by atoms with Crippen LogP contribution >= 0.6 is 27.5 Å². The number of rotatable bonds is 2. The Morgan fingerprint density at radius 1 is 1.64 bits per heavy atom. The van der Waals surface area contributed by atoms with E-state index in [0.29, 0.717) is 5.02 Å². The van der Waals surface area contributed by atoms with Gasteiger partial charge in [-0.1, -0.05) is 17.7 Å². The van der Waals surface area contributed by atoms with Crippen LogP contribution in [0.1, 0.15) is 5.56 Å². The van der Waals surface area contributed by atoms with Gasteiger partial charge in [-0.2, -0.15) is 0 Å². The van der Waals surface area contributed by atoms with Crippen LogP contribution in [-0.2, 0) is 11.3 Å². The van der Waals surface area contributed by atoms with Gasteiger partial charge in [0.1, 0.15) is 6.61 Å². The predicted molar refractivity (Wildman–Crippen MR) is 58.4 cm³/mol. The maximum absolute atomic E-state index is 10.8. The molecule has 14 heavy (non-hydrogen) atoms. The summed E-state index contributed by atoms with van der Waals surface area (Å²) >= 11 is 9.13. The normalized spacial score (nSPS) is 9.64. The molecule has 0 saturated heterocycles. The summed E-state index contributed by atoms with van der Waals surface area (Å²) in [6.07, 6.45) is -0.455. The molecule has 76 valence electrons. The van der Waals surface area contributed by atoms with E-state index in [9.17, 15) is 4.79 Å². The molecule has 0 heterocycles. The van der Waals surface area contributed by atoms with Gasteiger partial charge in [-0.25, -0.2) is 4.79 Å². The van der Waals surface area contributed by atoms with Gasteiger partial charge in [-0.15, -0.1) is 0 Å². The van der Waals surface area contributed by atoms with Crippen molar-refractivity contribution in [3.05, 3.63) is 33.3 Å². The average molecular weight is 279 g/mol. The van der Waals surface area contributed by atoms with Crippen molar-refractivity contribution in [2.45, 2.75) is 6.61 Å². The number of amides is 1. The van der Waals surface area contributed by atoms with Crippen molar-refractivity contribution in [3.8, 4) is 0 Å². The number of nitrogens with one attached hydrogen (secondary N) is 1. The Bertz CT molecular complexity index is 344. The number of hydrogen-bond acceptors (Lipinski definition) is 2. The van der Waals surface area contributed by atoms with Crippen molar-refractivity contribution < 1.29 is 9.53 Å². The summed E-state index contributed by atoms with van der Waals surface area (Å²) in [6, 6.07) is 5.39. The van der Waals surface area contributed by atoms with Gasteiger partial charge in [-0.05, 0) is 33.6 Å². The van der Waals surface area contributed by atoms with Gasteiger partial charge in [0.2, 0.25) is 0 Å². The van der Waals surface area contributed by atoms with Gasteiger partial charge < -0.3 is 10.1 Å². The smallest absolute Gasteiger partial charge is 0.407 e. The second kappa shape index (κ2) is 5.22. The summed E-state index contributed by atoms with van der Waals surface area (Å²) in [6.45, 7) is 0.215. The zero-order chi connectivity index (χ0) is 10.6. The fraction of sp³-hybridized carbons (Fsp3) is 0.222. The van der Waals surface area contributed by atoms with E-state index >= 15 is 0 Å². The molecule has 0 aliphatic rings. The molecule has 1 aromatic carbocycles. The molecule has 1 rings (SSSR count). The third-order valence-corrected chi connectivity index (χ3v) is 2.79. The van der Waals surface area contributed by atoms with Crippen molar-refractivity contribution in [2.24, 2.45) is 0 Å². The monoisotopic (exact) mass is 277 g/mol. The molecule has 0 radical (unpaired) electrons. The first kappa shape index (κ1) is 11.3. The topological polar surface area (TPSA) is 38.3 Å². The maximum Gasteiger partial charge on any atom is 0.407 e. The first-order chi connectivity index (χ1) is 6.63. The molecule has 0 atom stereocenters. The lowest BCUT2D eigenvalue weighted by Gasteiger charge is -2.04. The Kier molecular flexibility index (Phi) is 4.22. The Hall–Kier alpha value is -0.740. The summed E-state index contributed by atoms with van der Waals surface area (Å²) in [5.41, 5.74) is 0.849. The number of carbonyl (C=O) groups is 1. The second-order valence-electron chi connectivity index (χ2n) is 2.57. The molecule has 0 bridgehead atoms. The highest BCUT2D eigenvalue weighted by Gasteiger charge is 2.02. The Morgan fingerprint density at radius 3 is 2.93 bits per heavy atom. The standard InChI is InChI=1S/C9H9BrClNO2/c1-12-9(13)14-5-6-2-3-7(10)8(11)4-6/h2-4H,5H2,1H3,(H,12,13). The van der Waals surface area contributed by atoms with E-state index in [-0.39, 0.29) is 6.61 Å². The van der Waals surface area contributed by atoms with Crippen molar-refractivity contribution in [2.75, 3.05) is 7.05 Å². The van der Waals surface area contributed by atoms with Gasteiger partial charge in [0.25, 0.3) is 0 Å². The first-order valence-electron chi connectivity index (χ1n) is 3.92. The van der Waals surface area contributed by atoms with Gasteiger partial charge in [-0.3, -0.25) is 0 Å². The van der Waals surface area contributed by atoms with E-state index in [0.717, 1.165) is 10.0 Å². The van der Waals surface area contributed by atoms with E-state index < -0.39 is 6.09 Å². The van der Waals surface area contributed by atoms with Crippen molar-refractivity contribution in [1.82, 2.24) is 5.32 Å². The average Bonchev–Trinajstić information content (AvgIpc) is 2.19. The van der Waals surface area contributed by atoms with Gasteiger partial charge in [0.15, 0.2) is 0 Å². The lowest BCUT2D eigenvalue weighted by atomic mass is 10.2. The molecule has 1 N–H and O–H groups in total. The lowest BCUT2D eigenvalue weighted by molar-refractivity contribution is 0.142. The van der Waals surface area contributed by atoms with E-state index in [2.05, 4.69) is 21.2 Å². The van der Waals surface area contributed by atoms with E-state index in [1.54, 1.807) is 6.07 Å². The Labute approximate surface area is 95.5 Å². The van der Waals surface area contributed by atoms with E-state index in [4.69, 9.17) is 16.3 Å². The third kappa shape index (κ3) is 3.20. The molecule has 0 fully saturated rings. The van der Waals surface area contributed by atoms with E-state index in [1.807, 2.05) is 12.1 Å². The SMILES string of the molecule is CNC(=O)OCc1ccc(Br)c(Cl)c1. The number of carbonyl (C=O) groups excluding carboxylic acids is 1. The van der Waals surface area contributed by atoms with Crippen LogP contribution in [-0.4, -0.2) is 13.1 Å². The number of ether oxygens (including phenoxy) is 1. The summed E-state index contributed by atoms with van der Waals surface area (Å²) in [5.74, 6) is 0. The third-order valence-electron chi connectivity index (χ3n) is 1.56. The van der Waals surface area contributed by atoms with Crippen LogP contribution in [0.15, 0.2) is 22.7 Å². The highest BCUT2D eigenvalue weighted by Crippen LogP contribution is 2.23. The van der Waals surface area contributed by atoms with Crippen LogP contribution in [0.3, 0.4) is 0 Å². The van der Waals surface area contributed by atoms with Gasteiger partial charge in [0, 0.05) is 11.5 Å². The van der Waals surface area contributed by atoms with Crippen molar-refractivity contribution in [1.29, 1.82) is 0 Å². The Morgan fingerprint density at radius 2 is 2.36 bits per heavy atom. The molecular weight excluding hydrogens is 269 g/mol. The number of hydrogen-bond donors (Lipinski definition) is 1. The molecule has 0 saturated carbocycles. The molecule has 3 nitrogen and oxygen atoms in total. The minimum Gasteiger partial charge on any atom is -0.445 e. The predicted octanol–water partition coefficient (Wildman–Crippen LogP) is 2.96. The maximum atomic E-state index is 10.8. The number of halogens is 2. The summed E-state index contributed by atoms with van der Waals surface area (Å²) in [7, 11) is 1.51. The van der Waals surface area contributed by atoms with Crippen LogP contribution in [0.4, 0.5) is 4.79 Å². The molecule has 1 amide bonds. The molecule has 0 aromatic heterocycles. The summed E-state index contributed by atoms with van der Waals surface area (Å²) < 4.78 is 5.67. The minimum absolute atomic E-state index is 0.215. The first-order valence-corrected chi connectivity index (χ1v) is 5.09. The summed E-state index contributed by atoms with van der Waals surface area (Å²) in [5, 5.41) is 2.96. The second-order valence-corrected chi connectivity index (χ2v) is 3.84. The van der Waals surface area contributed by atoms with Crippen LogP contribution < -0.4 is 5.32 Å². The largest absolute Gasteiger partial charge is 0.445 e. The van der Waals surface area contributed by atoms with Crippen molar-refractivity contribution >= 4 is 33.6 Å². The van der Waals surface area contributed by atoms with Crippen LogP contribution in [0, 0.1) is 0 Å². The lowest BCUT2D eigenvalue weighted by Crippen LogP contribution is -2.18. The molecule has 1 aromatic rings. The molecule has 5 heteroatoms. The number of benzene rings is 1. The molecule has 0 unspecified atom stereocenters. The zero-order valence-corrected chi connectivity index (χ0v) is 9.85. The fourth-order valence-corrected chi connectivity index (χ4v) is 1.30.